The summed E-state index contributed by atoms with van der Waals surface area (Å²) >= 11 is 0. The number of nitriles is 1. The second kappa shape index (κ2) is 12.3. The fraction of sp³-hybridized carbons (Fsp3) is 0.654. The molecule has 0 spiro atoms. The van der Waals surface area contributed by atoms with Crippen LogP contribution in [0, 0.1) is 16.7 Å². The molecule has 1 aromatic rings. The fourth-order valence-electron chi connectivity index (χ4n) is 4.42. The van der Waals surface area contributed by atoms with E-state index in [0.717, 1.165) is 26.1 Å². The number of rotatable bonds is 8. The number of hydrogen-bond donors (Lipinski definition) is 2. The third kappa shape index (κ3) is 8.80. The first-order chi connectivity index (χ1) is 16.7. The molecule has 1 unspecified atom stereocenters. The van der Waals surface area contributed by atoms with Crippen molar-refractivity contribution in [1.82, 2.24) is 20.6 Å². The van der Waals surface area contributed by atoms with Crippen molar-refractivity contribution in [3.8, 4) is 6.07 Å². The summed E-state index contributed by atoms with van der Waals surface area (Å²) in [4.78, 5) is 33.5. The first-order valence-corrected chi connectivity index (χ1v) is 12.5. The van der Waals surface area contributed by atoms with Crippen molar-refractivity contribution >= 4 is 12.0 Å². The predicted molar refractivity (Wildman–Crippen MR) is 132 cm³/mol. The Morgan fingerprint density at radius 1 is 1.14 bits per heavy atom. The molecule has 0 saturated carbocycles. The molecule has 2 aliphatic rings. The number of morpholine rings is 1. The van der Waals surface area contributed by atoms with Crippen LogP contribution < -0.4 is 10.6 Å². The molecule has 2 aliphatic heterocycles. The van der Waals surface area contributed by atoms with E-state index in [1.165, 1.54) is 10.6 Å². The smallest absolute Gasteiger partial charge is 0.379 e. The van der Waals surface area contributed by atoms with Crippen molar-refractivity contribution in [2.75, 3.05) is 45.9 Å². The van der Waals surface area contributed by atoms with Crippen LogP contribution >= 0.6 is 0 Å². The van der Waals surface area contributed by atoms with Gasteiger partial charge < -0.3 is 25.1 Å². The summed E-state index contributed by atoms with van der Waals surface area (Å²) in [5.74, 6) is -0.349. The molecule has 1 atom stereocenters. The maximum atomic E-state index is 13.3. The van der Waals surface area contributed by atoms with Gasteiger partial charge in [0.25, 0.3) is 0 Å². The lowest BCUT2D eigenvalue weighted by atomic mass is 9.85. The van der Waals surface area contributed by atoms with Crippen LogP contribution in [0.4, 0.5) is 4.79 Å². The normalized spacial score (nSPS) is 19.8. The Bertz CT molecular complexity index is 866. The van der Waals surface area contributed by atoms with E-state index in [4.69, 9.17) is 9.57 Å². The van der Waals surface area contributed by atoms with E-state index in [0.29, 0.717) is 45.6 Å². The summed E-state index contributed by atoms with van der Waals surface area (Å²) in [6.45, 7) is 10.4. The van der Waals surface area contributed by atoms with Gasteiger partial charge in [-0.2, -0.15) is 5.26 Å². The Morgan fingerprint density at radius 3 is 2.40 bits per heavy atom. The van der Waals surface area contributed by atoms with Gasteiger partial charge in [0.05, 0.1) is 32.4 Å². The highest BCUT2D eigenvalue weighted by Gasteiger charge is 2.39. The quantitative estimate of drug-likeness (QED) is 0.583. The molecule has 192 valence electrons. The van der Waals surface area contributed by atoms with Crippen LogP contribution in [0.3, 0.4) is 0 Å². The number of nitrogens with zero attached hydrogens (tertiary/aromatic N) is 3. The van der Waals surface area contributed by atoms with Gasteiger partial charge in [0.15, 0.2) is 0 Å². The standard InChI is InChI=1S/C26H39N5O4/c1-25(2,3)19-22(28-24(33)35-31-15-17-34-18-16-31)23(32)29-26(20-27)10-13-30(14-11-26)12-9-21-7-5-4-6-8-21/h4-8,22H,9-19H2,1-3H3,(H,28,33)(H,29,32). The van der Waals surface area contributed by atoms with Crippen LogP contribution in [0.1, 0.15) is 45.6 Å². The van der Waals surface area contributed by atoms with Gasteiger partial charge in [0.2, 0.25) is 5.91 Å². The van der Waals surface area contributed by atoms with Gasteiger partial charge in [-0.15, -0.1) is 5.06 Å². The largest absolute Gasteiger partial charge is 0.426 e. The Hall–Kier alpha value is -2.67. The summed E-state index contributed by atoms with van der Waals surface area (Å²) in [5.41, 5.74) is 0.138. The summed E-state index contributed by atoms with van der Waals surface area (Å²) < 4.78 is 5.27. The van der Waals surface area contributed by atoms with Crippen LogP contribution in [-0.2, 0) is 20.8 Å². The Kier molecular flexibility index (Phi) is 9.49. The minimum absolute atomic E-state index is 0.213. The van der Waals surface area contributed by atoms with Crippen molar-refractivity contribution in [1.29, 1.82) is 5.26 Å². The number of hydrogen-bond acceptors (Lipinski definition) is 7. The molecule has 3 rings (SSSR count). The third-order valence-corrected chi connectivity index (χ3v) is 6.45. The number of piperidine rings is 1. The summed E-state index contributed by atoms with van der Waals surface area (Å²) in [6.07, 6.45) is 1.80. The fourth-order valence-corrected chi connectivity index (χ4v) is 4.42. The monoisotopic (exact) mass is 485 g/mol. The van der Waals surface area contributed by atoms with Crippen molar-refractivity contribution in [2.45, 2.75) is 58.0 Å². The summed E-state index contributed by atoms with van der Waals surface area (Å²) in [7, 11) is 0. The van der Waals surface area contributed by atoms with Crippen molar-refractivity contribution < 1.29 is 19.2 Å². The van der Waals surface area contributed by atoms with Crippen LogP contribution in [0.15, 0.2) is 30.3 Å². The van der Waals surface area contributed by atoms with E-state index >= 15 is 0 Å². The number of amides is 2. The minimum atomic E-state index is -0.938. The number of carbonyl (C=O) groups is 2. The van der Waals surface area contributed by atoms with E-state index in [2.05, 4.69) is 33.7 Å². The van der Waals surface area contributed by atoms with E-state index < -0.39 is 17.7 Å². The molecule has 35 heavy (non-hydrogen) atoms. The molecule has 2 amide bonds. The summed E-state index contributed by atoms with van der Waals surface area (Å²) in [6, 6.07) is 11.9. The van der Waals surface area contributed by atoms with Gasteiger partial charge in [-0.25, -0.2) is 4.79 Å². The Balaban J connectivity index is 1.55. The molecule has 0 aromatic heterocycles. The molecule has 9 nitrogen and oxygen atoms in total. The topological polar surface area (TPSA) is 107 Å². The number of ether oxygens (including phenoxy) is 1. The lowest BCUT2D eigenvalue weighted by molar-refractivity contribution is -0.148. The van der Waals surface area contributed by atoms with Gasteiger partial charge in [0.1, 0.15) is 11.6 Å². The number of nitrogens with one attached hydrogen (secondary N) is 2. The maximum Gasteiger partial charge on any atom is 0.426 e. The first-order valence-electron chi connectivity index (χ1n) is 12.5. The molecule has 1 aromatic carbocycles. The maximum absolute atomic E-state index is 13.3. The molecule has 2 N–H and O–H groups in total. The van der Waals surface area contributed by atoms with Gasteiger partial charge in [-0.1, -0.05) is 51.1 Å². The van der Waals surface area contributed by atoms with Crippen molar-refractivity contribution in [2.24, 2.45) is 5.41 Å². The van der Waals surface area contributed by atoms with Crippen LogP contribution in [0.25, 0.3) is 0 Å². The average Bonchev–Trinajstić information content (AvgIpc) is 2.83. The highest BCUT2D eigenvalue weighted by atomic mass is 16.7. The highest BCUT2D eigenvalue weighted by Crippen LogP contribution is 2.25. The van der Waals surface area contributed by atoms with Crippen LogP contribution in [0.2, 0.25) is 0 Å². The number of likely N-dealkylation sites (tertiary alicyclic amines) is 1. The van der Waals surface area contributed by atoms with Gasteiger partial charge in [0, 0.05) is 19.6 Å². The zero-order valence-corrected chi connectivity index (χ0v) is 21.2. The van der Waals surface area contributed by atoms with Crippen molar-refractivity contribution in [3.63, 3.8) is 0 Å². The third-order valence-electron chi connectivity index (χ3n) is 6.45. The SMILES string of the molecule is CC(C)(C)CC(NC(=O)ON1CCOCC1)C(=O)NC1(C#N)CCN(CCc2ccccc2)CC1. The Morgan fingerprint density at radius 2 is 1.80 bits per heavy atom. The average molecular weight is 486 g/mol. The molecule has 9 heteroatoms. The highest BCUT2D eigenvalue weighted by molar-refractivity contribution is 5.86. The second-order valence-corrected chi connectivity index (χ2v) is 10.6. The molecule has 0 bridgehead atoms. The zero-order chi connectivity index (χ0) is 25.3. The van der Waals surface area contributed by atoms with E-state index in [-0.39, 0.29) is 11.3 Å². The minimum Gasteiger partial charge on any atom is -0.379 e. The van der Waals surface area contributed by atoms with E-state index in [1.54, 1.807) is 0 Å². The van der Waals surface area contributed by atoms with Gasteiger partial charge >= 0.3 is 6.09 Å². The second-order valence-electron chi connectivity index (χ2n) is 10.6. The molecular formula is C26H39N5O4. The van der Waals surface area contributed by atoms with E-state index in [1.807, 2.05) is 39.0 Å². The molecule has 2 heterocycles. The lowest BCUT2D eigenvalue weighted by Gasteiger charge is -2.39. The first kappa shape index (κ1) is 26.9. The summed E-state index contributed by atoms with van der Waals surface area (Å²) in [5, 5.41) is 17.2. The lowest BCUT2D eigenvalue weighted by Crippen LogP contribution is -2.59. The Labute approximate surface area is 208 Å². The van der Waals surface area contributed by atoms with Crippen molar-refractivity contribution in [3.05, 3.63) is 35.9 Å². The number of benzene rings is 1. The van der Waals surface area contributed by atoms with Crippen LogP contribution in [-0.4, -0.2) is 79.5 Å². The molecular weight excluding hydrogens is 446 g/mol. The molecule has 2 fully saturated rings. The van der Waals surface area contributed by atoms with Gasteiger partial charge in [-0.3, -0.25) is 4.79 Å². The van der Waals surface area contributed by atoms with E-state index in [9.17, 15) is 14.9 Å². The zero-order valence-electron chi connectivity index (χ0n) is 21.2. The number of hydroxylamine groups is 2. The predicted octanol–water partition coefficient (Wildman–Crippen LogP) is 2.48. The number of carbonyl (C=O) groups excluding carboxylic acids is 2. The molecule has 0 radical (unpaired) electrons. The molecule has 0 aliphatic carbocycles. The molecule has 2 saturated heterocycles. The van der Waals surface area contributed by atoms with Gasteiger partial charge in [-0.05, 0) is 36.7 Å². The van der Waals surface area contributed by atoms with Crippen LogP contribution in [0.5, 0.6) is 0 Å².